The van der Waals surface area contributed by atoms with E-state index in [0.717, 1.165) is 6.42 Å². The summed E-state index contributed by atoms with van der Waals surface area (Å²) in [7, 11) is 0. The molecule has 0 spiro atoms. The monoisotopic (exact) mass is 429 g/mol. The molecule has 4 rings (SSSR count). The number of benzene rings is 1. The third kappa shape index (κ3) is 3.63. The fourth-order valence-corrected chi connectivity index (χ4v) is 6.32. The quantitative estimate of drug-likeness (QED) is 0.423. The summed E-state index contributed by atoms with van der Waals surface area (Å²) >= 11 is 0. The molecule has 2 amide bonds. The number of phenols is 1. The summed E-state index contributed by atoms with van der Waals surface area (Å²) < 4.78 is 10.8. The first kappa shape index (κ1) is 21.8. The zero-order valence-electron chi connectivity index (χ0n) is 18.5. The molecule has 3 aliphatic rings. The van der Waals surface area contributed by atoms with Gasteiger partial charge in [-0.15, -0.1) is 0 Å². The van der Waals surface area contributed by atoms with Gasteiger partial charge in [0, 0.05) is 12.5 Å². The van der Waals surface area contributed by atoms with Gasteiger partial charge >= 0.3 is 5.97 Å². The summed E-state index contributed by atoms with van der Waals surface area (Å²) in [6, 6.07) is 6.15. The SMILES string of the molecule is CCOC(C)OC(=O)C1CC2CC1C(C)C2C1C(=O)N(c2ccc(O)cc2)C(=O)C1C. The van der Waals surface area contributed by atoms with E-state index in [0.29, 0.717) is 18.7 Å². The largest absolute Gasteiger partial charge is 0.508 e. The minimum absolute atomic E-state index is 0.0759. The maximum Gasteiger partial charge on any atom is 0.311 e. The van der Waals surface area contributed by atoms with Crippen molar-refractivity contribution in [1.82, 2.24) is 0 Å². The highest BCUT2D eigenvalue weighted by Gasteiger charge is 2.60. The predicted octanol–water partition coefficient (Wildman–Crippen LogP) is 3.35. The van der Waals surface area contributed by atoms with Crippen LogP contribution in [-0.2, 0) is 23.9 Å². The maximum absolute atomic E-state index is 13.4. The van der Waals surface area contributed by atoms with Gasteiger partial charge in [0.25, 0.3) is 0 Å². The molecule has 2 bridgehead atoms. The highest BCUT2D eigenvalue weighted by Crippen LogP contribution is 2.59. The average molecular weight is 430 g/mol. The number of rotatable bonds is 6. The number of amides is 2. The number of anilines is 1. The summed E-state index contributed by atoms with van der Waals surface area (Å²) in [6.45, 7) is 8.01. The fourth-order valence-electron chi connectivity index (χ4n) is 6.32. The molecular weight excluding hydrogens is 398 g/mol. The van der Waals surface area contributed by atoms with Gasteiger partial charge in [-0.2, -0.15) is 0 Å². The van der Waals surface area contributed by atoms with Gasteiger partial charge in [0.2, 0.25) is 11.8 Å². The van der Waals surface area contributed by atoms with Crippen LogP contribution in [0, 0.1) is 41.4 Å². The standard InChI is InChI=1S/C24H31NO6/c1-5-30-14(4)31-24(29)19-11-15-10-18(19)12(2)20(15)21-13(3)22(27)25(23(21)28)16-6-8-17(26)9-7-16/h6-9,12-15,18-21,26H,5,10-11H2,1-4H3. The molecule has 8 unspecified atom stereocenters. The van der Waals surface area contributed by atoms with Crippen LogP contribution in [0.3, 0.4) is 0 Å². The van der Waals surface area contributed by atoms with Gasteiger partial charge in [0.05, 0.1) is 17.5 Å². The number of imide groups is 1. The highest BCUT2D eigenvalue weighted by atomic mass is 16.7. The highest BCUT2D eigenvalue weighted by molar-refractivity contribution is 6.22. The van der Waals surface area contributed by atoms with Gasteiger partial charge in [-0.05, 0) is 74.6 Å². The van der Waals surface area contributed by atoms with Crippen LogP contribution in [0.5, 0.6) is 5.75 Å². The fraction of sp³-hybridized carbons (Fsp3) is 0.625. The van der Waals surface area contributed by atoms with Crippen LogP contribution >= 0.6 is 0 Å². The Labute approximate surface area is 182 Å². The Morgan fingerprint density at radius 1 is 1.16 bits per heavy atom. The Bertz CT molecular complexity index is 865. The molecule has 1 N–H and O–H groups in total. The number of hydrogen-bond donors (Lipinski definition) is 1. The molecule has 3 fully saturated rings. The third-order valence-corrected chi connectivity index (χ3v) is 7.64. The number of aromatic hydroxyl groups is 1. The van der Waals surface area contributed by atoms with E-state index in [1.807, 2.05) is 13.8 Å². The predicted molar refractivity (Wildman–Crippen MR) is 113 cm³/mol. The number of ether oxygens (including phenoxy) is 2. The van der Waals surface area contributed by atoms with E-state index < -0.39 is 12.2 Å². The van der Waals surface area contributed by atoms with Crippen LogP contribution in [0.15, 0.2) is 24.3 Å². The van der Waals surface area contributed by atoms with Crippen LogP contribution in [0.2, 0.25) is 0 Å². The molecule has 1 saturated heterocycles. The smallest absolute Gasteiger partial charge is 0.311 e. The lowest BCUT2D eigenvalue weighted by Crippen LogP contribution is -2.40. The van der Waals surface area contributed by atoms with Crippen LogP contribution < -0.4 is 4.90 Å². The van der Waals surface area contributed by atoms with Crippen LogP contribution in [-0.4, -0.2) is 35.8 Å². The van der Waals surface area contributed by atoms with E-state index in [1.54, 1.807) is 19.1 Å². The zero-order chi connectivity index (χ0) is 22.4. The number of phenolic OH excluding ortho intramolecular Hbond substituents is 1. The lowest BCUT2D eigenvalue weighted by atomic mass is 9.67. The Hall–Kier alpha value is -2.41. The maximum atomic E-state index is 13.4. The van der Waals surface area contributed by atoms with Gasteiger partial charge < -0.3 is 14.6 Å². The molecular formula is C24H31NO6. The Kier molecular flexibility index (Phi) is 5.81. The summed E-state index contributed by atoms with van der Waals surface area (Å²) in [5, 5.41) is 9.53. The molecule has 1 aromatic rings. The van der Waals surface area contributed by atoms with Crippen molar-refractivity contribution in [2.75, 3.05) is 11.5 Å². The molecule has 8 atom stereocenters. The van der Waals surface area contributed by atoms with E-state index >= 15 is 0 Å². The van der Waals surface area contributed by atoms with Crippen LogP contribution in [0.25, 0.3) is 0 Å². The van der Waals surface area contributed by atoms with Crippen molar-refractivity contribution in [3.8, 4) is 5.75 Å². The van der Waals surface area contributed by atoms with Crippen molar-refractivity contribution >= 4 is 23.5 Å². The molecule has 1 aromatic carbocycles. The Balaban J connectivity index is 1.50. The molecule has 0 aromatic heterocycles. The van der Waals surface area contributed by atoms with Gasteiger partial charge in [-0.1, -0.05) is 13.8 Å². The van der Waals surface area contributed by atoms with Gasteiger partial charge in [0.1, 0.15) is 5.75 Å². The van der Waals surface area contributed by atoms with Crippen molar-refractivity contribution in [3.05, 3.63) is 24.3 Å². The molecule has 168 valence electrons. The number of esters is 1. The second-order valence-electron chi connectivity index (χ2n) is 9.24. The number of carbonyl (C=O) groups is 3. The van der Waals surface area contributed by atoms with Crippen LogP contribution in [0.4, 0.5) is 5.69 Å². The first-order valence-corrected chi connectivity index (χ1v) is 11.2. The zero-order valence-corrected chi connectivity index (χ0v) is 18.5. The second kappa shape index (κ2) is 8.26. The topological polar surface area (TPSA) is 93.1 Å². The number of carbonyl (C=O) groups excluding carboxylic acids is 3. The normalized spacial score (nSPS) is 35.6. The lowest BCUT2D eigenvalue weighted by molar-refractivity contribution is -0.181. The molecule has 1 heterocycles. The van der Waals surface area contributed by atoms with Gasteiger partial charge in [-0.3, -0.25) is 19.3 Å². The second-order valence-corrected chi connectivity index (χ2v) is 9.24. The summed E-state index contributed by atoms with van der Waals surface area (Å²) in [5.74, 6) is -0.837. The Morgan fingerprint density at radius 3 is 2.45 bits per heavy atom. The molecule has 31 heavy (non-hydrogen) atoms. The van der Waals surface area contributed by atoms with Crippen molar-refractivity contribution in [1.29, 1.82) is 0 Å². The lowest BCUT2D eigenvalue weighted by Gasteiger charge is -2.36. The van der Waals surface area contributed by atoms with E-state index in [4.69, 9.17) is 9.47 Å². The summed E-state index contributed by atoms with van der Waals surface area (Å²) in [5.41, 5.74) is 0.490. The van der Waals surface area contributed by atoms with Crippen molar-refractivity contribution in [2.24, 2.45) is 41.4 Å². The van der Waals surface area contributed by atoms with Crippen molar-refractivity contribution in [2.45, 2.75) is 46.8 Å². The molecule has 2 aliphatic carbocycles. The number of hydrogen-bond acceptors (Lipinski definition) is 6. The van der Waals surface area contributed by atoms with E-state index in [-0.39, 0.29) is 59.0 Å². The average Bonchev–Trinajstić information content (AvgIpc) is 3.35. The molecule has 2 saturated carbocycles. The summed E-state index contributed by atoms with van der Waals surface area (Å²) in [4.78, 5) is 40.3. The first-order valence-electron chi connectivity index (χ1n) is 11.2. The number of fused-ring (bicyclic) bond motifs is 2. The molecule has 7 nitrogen and oxygen atoms in total. The molecule has 7 heteroatoms. The number of nitrogens with zero attached hydrogens (tertiary/aromatic N) is 1. The third-order valence-electron chi connectivity index (χ3n) is 7.64. The Morgan fingerprint density at radius 2 is 1.84 bits per heavy atom. The van der Waals surface area contributed by atoms with Gasteiger partial charge in [-0.25, -0.2) is 0 Å². The van der Waals surface area contributed by atoms with Gasteiger partial charge in [0.15, 0.2) is 6.29 Å². The molecule has 1 aliphatic heterocycles. The first-order chi connectivity index (χ1) is 14.7. The minimum atomic E-state index is -0.560. The van der Waals surface area contributed by atoms with E-state index in [2.05, 4.69) is 6.92 Å². The van der Waals surface area contributed by atoms with E-state index in [1.165, 1.54) is 17.0 Å². The van der Waals surface area contributed by atoms with Crippen molar-refractivity contribution < 1.29 is 29.0 Å². The van der Waals surface area contributed by atoms with Crippen molar-refractivity contribution in [3.63, 3.8) is 0 Å². The van der Waals surface area contributed by atoms with Crippen LogP contribution in [0.1, 0.15) is 40.5 Å². The summed E-state index contributed by atoms with van der Waals surface area (Å²) in [6.07, 6.45) is 1.02. The van der Waals surface area contributed by atoms with E-state index in [9.17, 15) is 19.5 Å². The molecule has 0 radical (unpaired) electrons. The minimum Gasteiger partial charge on any atom is -0.508 e.